The van der Waals surface area contributed by atoms with E-state index in [0.29, 0.717) is 5.92 Å². The van der Waals surface area contributed by atoms with Gasteiger partial charge in [-0.15, -0.1) is 0 Å². The fraction of sp³-hybridized carbons (Fsp3) is 0.438. The normalized spacial score (nSPS) is 20.9. The van der Waals surface area contributed by atoms with E-state index in [4.69, 9.17) is 5.41 Å². The second-order valence-corrected chi connectivity index (χ2v) is 5.08. The van der Waals surface area contributed by atoms with Crippen LogP contribution in [0.1, 0.15) is 50.7 Å². The zero-order chi connectivity index (χ0) is 12.4. The first kappa shape index (κ1) is 12.1. The summed E-state index contributed by atoms with van der Waals surface area (Å²) >= 11 is 0. The van der Waals surface area contributed by atoms with Crippen molar-refractivity contribution in [1.82, 2.24) is 0 Å². The molecule has 1 aromatic carbocycles. The van der Waals surface area contributed by atoms with E-state index in [0.717, 1.165) is 25.0 Å². The predicted octanol–water partition coefficient (Wildman–Crippen LogP) is 4.48. The van der Waals surface area contributed by atoms with E-state index in [2.05, 4.69) is 45.0 Å². The lowest BCUT2D eigenvalue weighted by Gasteiger charge is -2.25. The molecule has 1 unspecified atom stereocenters. The summed E-state index contributed by atoms with van der Waals surface area (Å²) in [6, 6.07) is 8.92. The van der Waals surface area contributed by atoms with Crippen LogP contribution in [-0.2, 0) is 6.42 Å². The summed E-state index contributed by atoms with van der Waals surface area (Å²) in [5.41, 5.74) is 6.18. The quantitative estimate of drug-likeness (QED) is 0.770. The van der Waals surface area contributed by atoms with Crippen LogP contribution < -0.4 is 0 Å². The lowest BCUT2D eigenvalue weighted by Crippen LogP contribution is -2.15. The van der Waals surface area contributed by atoms with Gasteiger partial charge in [-0.25, -0.2) is 0 Å². The van der Waals surface area contributed by atoms with Crippen LogP contribution in [0.5, 0.6) is 0 Å². The van der Waals surface area contributed by atoms with Gasteiger partial charge in [0.1, 0.15) is 0 Å². The maximum Gasteiger partial charge on any atom is 0.0348 e. The van der Waals surface area contributed by atoms with Crippen molar-refractivity contribution >= 4 is 5.71 Å². The lowest BCUT2D eigenvalue weighted by atomic mass is 9.80. The van der Waals surface area contributed by atoms with Gasteiger partial charge in [0.05, 0.1) is 0 Å². The number of allylic oxidation sites excluding steroid dienone is 2. The summed E-state index contributed by atoms with van der Waals surface area (Å²) in [4.78, 5) is 0. The maximum atomic E-state index is 8.03. The number of hydrogen-bond donors (Lipinski definition) is 1. The van der Waals surface area contributed by atoms with Gasteiger partial charge in [0, 0.05) is 5.71 Å². The van der Waals surface area contributed by atoms with Crippen molar-refractivity contribution in [3.63, 3.8) is 0 Å². The van der Waals surface area contributed by atoms with E-state index in [1.54, 1.807) is 0 Å². The molecular weight excluding hydrogens is 206 g/mol. The molecular formula is C16H21N. The second kappa shape index (κ2) is 4.87. The molecule has 0 aromatic heterocycles. The molecule has 0 radical (unpaired) electrons. The SMILES string of the molecule is CCc1ccc(C2CC(=N)C(C)=C(C)C2)cc1. The third-order valence-corrected chi connectivity index (χ3v) is 3.96. The van der Waals surface area contributed by atoms with Crippen LogP contribution in [0.3, 0.4) is 0 Å². The zero-order valence-electron chi connectivity index (χ0n) is 11.0. The average Bonchev–Trinajstić information content (AvgIpc) is 2.35. The molecule has 0 spiro atoms. The number of aryl methyl sites for hydroxylation is 1. The Hall–Kier alpha value is -1.37. The molecule has 0 heterocycles. The van der Waals surface area contributed by atoms with Gasteiger partial charge in [-0.2, -0.15) is 0 Å². The fourth-order valence-electron chi connectivity index (χ4n) is 2.51. The van der Waals surface area contributed by atoms with Crippen molar-refractivity contribution in [3.05, 3.63) is 46.5 Å². The molecule has 1 nitrogen and oxygen atoms in total. The van der Waals surface area contributed by atoms with E-state index in [1.807, 2.05) is 0 Å². The van der Waals surface area contributed by atoms with Crippen LogP contribution in [0.2, 0.25) is 0 Å². The second-order valence-electron chi connectivity index (χ2n) is 5.08. The molecule has 0 aliphatic heterocycles. The number of nitrogens with one attached hydrogen (secondary N) is 1. The molecule has 0 bridgehead atoms. The molecule has 90 valence electrons. The van der Waals surface area contributed by atoms with Crippen molar-refractivity contribution < 1.29 is 0 Å². The van der Waals surface area contributed by atoms with Gasteiger partial charge in [0.25, 0.3) is 0 Å². The Balaban J connectivity index is 2.21. The molecule has 1 heteroatoms. The topological polar surface area (TPSA) is 23.9 Å². The first-order chi connectivity index (χ1) is 8.11. The van der Waals surface area contributed by atoms with E-state index in [1.165, 1.54) is 22.3 Å². The van der Waals surface area contributed by atoms with Crippen molar-refractivity contribution in [2.45, 2.75) is 46.0 Å². The third kappa shape index (κ3) is 2.49. The van der Waals surface area contributed by atoms with Gasteiger partial charge in [0.15, 0.2) is 0 Å². The number of hydrogen-bond acceptors (Lipinski definition) is 1. The molecule has 1 atom stereocenters. The van der Waals surface area contributed by atoms with Gasteiger partial charge >= 0.3 is 0 Å². The molecule has 1 aromatic rings. The summed E-state index contributed by atoms with van der Waals surface area (Å²) in [7, 11) is 0. The van der Waals surface area contributed by atoms with E-state index in [-0.39, 0.29) is 0 Å². The van der Waals surface area contributed by atoms with Crippen LogP contribution in [0, 0.1) is 5.41 Å². The highest BCUT2D eigenvalue weighted by Crippen LogP contribution is 2.34. The monoisotopic (exact) mass is 227 g/mol. The largest absolute Gasteiger partial charge is 0.305 e. The maximum absolute atomic E-state index is 8.03. The Morgan fingerprint density at radius 2 is 1.76 bits per heavy atom. The molecule has 17 heavy (non-hydrogen) atoms. The summed E-state index contributed by atoms with van der Waals surface area (Å²) < 4.78 is 0. The van der Waals surface area contributed by atoms with Crippen LogP contribution in [0.4, 0.5) is 0 Å². The molecule has 2 rings (SSSR count). The highest BCUT2D eigenvalue weighted by molar-refractivity contribution is 5.99. The summed E-state index contributed by atoms with van der Waals surface area (Å²) in [5, 5.41) is 8.03. The molecule has 1 aliphatic rings. The van der Waals surface area contributed by atoms with Crippen LogP contribution >= 0.6 is 0 Å². The predicted molar refractivity (Wildman–Crippen MR) is 73.9 cm³/mol. The first-order valence-electron chi connectivity index (χ1n) is 6.44. The standard InChI is InChI=1S/C16H21N/c1-4-13-5-7-14(8-6-13)15-9-11(2)12(3)16(17)10-15/h5-8,15,17H,4,9-10H2,1-3H3. The van der Waals surface area contributed by atoms with Gasteiger partial charge in [0.2, 0.25) is 0 Å². The molecule has 0 fully saturated rings. The third-order valence-electron chi connectivity index (χ3n) is 3.96. The average molecular weight is 227 g/mol. The summed E-state index contributed by atoms with van der Waals surface area (Å²) in [5.74, 6) is 0.511. The van der Waals surface area contributed by atoms with Crippen LogP contribution in [-0.4, -0.2) is 5.71 Å². The number of rotatable bonds is 2. The Morgan fingerprint density at radius 1 is 1.12 bits per heavy atom. The molecule has 1 N–H and O–H groups in total. The minimum atomic E-state index is 0.511. The van der Waals surface area contributed by atoms with E-state index >= 15 is 0 Å². The molecule has 0 saturated carbocycles. The number of benzene rings is 1. The Bertz CT molecular complexity index is 451. The van der Waals surface area contributed by atoms with Gasteiger partial charge in [-0.3, -0.25) is 0 Å². The summed E-state index contributed by atoms with van der Waals surface area (Å²) in [6.45, 7) is 6.42. The van der Waals surface area contributed by atoms with Crippen molar-refractivity contribution in [3.8, 4) is 0 Å². The molecule has 0 saturated heterocycles. The molecule has 1 aliphatic carbocycles. The van der Waals surface area contributed by atoms with E-state index < -0.39 is 0 Å². The van der Waals surface area contributed by atoms with E-state index in [9.17, 15) is 0 Å². The Morgan fingerprint density at radius 3 is 2.29 bits per heavy atom. The van der Waals surface area contributed by atoms with Crippen molar-refractivity contribution in [2.24, 2.45) is 0 Å². The minimum Gasteiger partial charge on any atom is -0.305 e. The van der Waals surface area contributed by atoms with Gasteiger partial charge in [-0.1, -0.05) is 36.8 Å². The van der Waals surface area contributed by atoms with Gasteiger partial charge in [-0.05, 0) is 55.7 Å². The molecule has 0 amide bonds. The highest BCUT2D eigenvalue weighted by atomic mass is 14.4. The Kier molecular flexibility index (Phi) is 3.46. The smallest absolute Gasteiger partial charge is 0.0348 e. The lowest BCUT2D eigenvalue weighted by molar-refractivity contribution is 0.685. The van der Waals surface area contributed by atoms with Crippen LogP contribution in [0.25, 0.3) is 0 Å². The van der Waals surface area contributed by atoms with Gasteiger partial charge < -0.3 is 5.41 Å². The van der Waals surface area contributed by atoms with Crippen LogP contribution in [0.15, 0.2) is 35.4 Å². The summed E-state index contributed by atoms with van der Waals surface area (Å²) in [6.07, 6.45) is 3.10. The highest BCUT2D eigenvalue weighted by Gasteiger charge is 2.21. The fourth-order valence-corrected chi connectivity index (χ4v) is 2.51. The Labute approximate surface area is 104 Å². The zero-order valence-corrected chi connectivity index (χ0v) is 11.0. The first-order valence-corrected chi connectivity index (χ1v) is 6.44. The van der Waals surface area contributed by atoms with Crippen molar-refractivity contribution in [1.29, 1.82) is 5.41 Å². The minimum absolute atomic E-state index is 0.511. The van der Waals surface area contributed by atoms with Crippen molar-refractivity contribution in [2.75, 3.05) is 0 Å².